The standard InChI is InChI=1S/C12H14O5/c1-6-4-7(10(13)14)9(12(2,3)17)8(5-6)11(15)16/h4-5,17H,1-3H3,(H,13,14)(H,15,16). The smallest absolute Gasteiger partial charge is 0.336 e. The highest BCUT2D eigenvalue weighted by atomic mass is 16.4. The van der Waals surface area contributed by atoms with Gasteiger partial charge in [0.25, 0.3) is 0 Å². The van der Waals surface area contributed by atoms with E-state index < -0.39 is 17.5 Å². The highest BCUT2D eigenvalue weighted by Crippen LogP contribution is 2.29. The van der Waals surface area contributed by atoms with Crippen LogP contribution in [0.4, 0.5) is 0 Å². The van der Waals surface area contributed by atoms with Crippen molar-refractivity contribution in [3.63, 3.8) is 0 Å². The largest absolute Gasteiger partial charge is 0.478 e. The van der Waals surface area contributed by atoms with Crippen LogP contribution in [-0.4, -0.2) is 27.3 Å². The number of hydrogen-bond acceptors (Lipinski definition) is 3. The molecule has 0 saturated heterocycles. The van der Waals surface area contributed by atoms with Gasteiger partial charge in [-0.1, -0.05) is 0 Å². The summed E-state index contributed by atoms with van der Waals surface area (Å²) >= 11 is 0. The second-order valence-electron chi connectivity index (χ2n) is 4.40. The Labute approximate surface area is 98.3 Å². The van der Waals surface area contributed by atoms with Crippen molar-refractivity contribution in [1.29, 1.82) is 0 Å². The summed E-state index contributed by atoms with van der Waals surface area (Å²) in [6.07, 6.45) is 0. The van der Waals surface area contributed by atoms with Crippen molar-refractivity contribution in [3.8, 4) is 0 Å². The third kappa shape index (κ3) is 2.62. The Bertz CT molecular complexity index is 447. The molecule has 1 aromatic rings. The maximum Gasteiger partial charge on any atom is 0.336 e. The third-order valence-electron chi connectivity index (χ3n) is 2.36. The monoisotopic (exact) mass is 238 g/mol. The Morgan fingerprint density at radius 3 is 1.65 bits per heavy atom. The fraction of sp³-hybridized carbons (Fsp3) is 0.333. The predicted octanol–water partition coefficient (Wildman–Crippen LogP) is 1.62. The molecule has 0 radical (unpaired) electrons. The lowest BCUT2D eigenvalue weighted by Crippen LogP contribution is -2.24. The average Bonchev–Trinajstić information content (AvgIpc) is 2.14. The van der Waals surface area contributed by atoms with Gasteiger partial charge in [0.1, 0.15) is 0 Å². The molecule has 0 spiro atoms. The lowest BCUT2D eigenvalue weighted by atomic mass is 9.87. The number of hydrogen-bond donors (Lipinski definition) is 3. The van der Waals surface area contributed by atoms with Crippen LogP contribution in [0.25, 0.3) is 0 Å². The molecule has 0 atom stereocenters. The van der Waals surface area contributed by atoms with E-state index in [4.69, 9.17) is 10.2 Å². The molecule has 1 aromatic carbocycles. The molecule has 0 aliphatic rings. The van der Waals surface area contributed by atoms with Crippen molar-refractivity contribution >= 4 is 11.9 Å². The van der Waals surface area contributed by atoms with Gasteiger partial charge in [-0.15, -0.1) is 0 Å². The lowest BCUT2D eigenvalue weighted by molar-refractivity contribution is 0.0590. The van der Waals surface area contributed by atoms with E-state index >= 15 is 0 Å². The highest BCUT2D eigenvalue weighted by Gasteiger charge is 2.29. The lowest BCUT2D eigenvalue weighted by Gasteiger charge is -2.22. The van der Waals surface area contributed by atoms with Crippen LogP contribution >= 0.6 is 0 Å². The minimum atomic E-state index is -1.53. The molecular formula is C12H14O5. The fourth-order valence-corrected chi connectivity index (χ4v) is 1.78. The number of aryl methyl sites for hydroxylation is 1. The molecule has 5 heteroatoms. The Balaban J connectivity index is 3.72. The molecule has 0 aliphatic carbocycles. The van der Waals surface area contributed by atoms with E-state index in [-0.39, 0.29) is 16.7 Å². The number of aliphatic hydroxyl groups is 1. The first-order valence-electron chi connectivity index (χ1n) is 4.98. The van der Waals surface area contributed by atoms with E-state index in [1.165, 1.54) is 26.0 Å². The minimum Gasteiger partial charge on any atom is -0.478 e. The van der Waals surface area contributed by atoms with Crippen molar-refractivity contribution in [1.82, 2.24) is 0 Å². The maximum atomic E-state index is 11.1. The number of rotatable bonds is 3. The Hall–Kier alpha value is -1.88. The molecule has 0 amide bonds. The summed E-state index contributed by atoms with van der Waals surface area (Å²) in [5, 5.41) is 28.0. The Morgan fingerprint density at radius 1 is 1.06 bits per heavy atom. The second-order valence-corrected chi connectivity index (χ2v) is 4.40. The van der Waals surface area contributed by atoms with Crippen LogP contribution in [0, 0.1) is 6.92 Å². The van der Waals surface area contributed by atoms with Crippen LogP contribution < -0.4 is 0 Å². The summed E-state index contributed by atoms with van der Waals surface area (Å²) in [5.74, 6) is -2.51. The average molecular weight is 238 g/mol. The number of carboxylic acid groups (broad SMARTS) is 2. The second kappa shape index (κ2) is 4.18. The summed E-state index contributed by atoms with van der Waals surface area (Å²) in [6, 6.07) is 2.70. The maximum absolute atomic E-state index is 11.1. The normalized spacial score (nSPS) is 11.3. The summed E-state index contributed by atoms with van der Waals surface area (Å²) in [4.78, 5) is 22.2. The number of carbonyl (C=O) groups is 2. The van der Waals surface area contributed by atoms with E-state index in [1.807, 2.05) is 0 Å². The molecule has 0 saturated carbocycles. The van der Waals surface area contributed by atoms with Gasteiger partial charge in [0, 0.05) is 5.56 Å². The van der Waals surface area contributed by atoms with Crippen molar-refractivity contribution in [2.75, 3.05) is 0 Å². The quantitative estimate of drug-likeness (QED) is 0.743. The van der Waals surface area contributed by atoms with Gasteiger partial charge >= 0.3 is 11.9 Å². The zero-order chi connectivity index (χ0) is 13.4. The van der Waals surface area contributed by atoms with E-state index in [2.05, 4.69) is 0 Å². The third-order valence-corrected chi connectivity index (χ3v) is 2.36. The van der Waals surface area contributed by atoms with E-state index in [9.17, 15) is 14.7 Å². The van der Waals surface area contributed by atoms with Crippen molar-refractivity contribution in [2.24, 2.45) is 0 Å². The van der Waals surface area contributed by atoms with Crippen LogP contribution in [0.1, 0.15) is 45.7 Å². The van der Waals surface area contributed by atoms with Gasteiger partial charge < -0.3 is 15.3 Å². The molecule has 92 valence electrons. The van der Waals surface area contributed by atoms with Crippen LogP contribution in [0.3, 0.4) is 0 Å². The van der Waals surface area contributed by atoms with E-state index in [0.717, 1.165) is 0 Å². The van der Waals surface area contributed by atoms with Crippen LogP contribution in [0.2, 0.25) is 0 Å². The molecule has 5 nitrogen and oxygen atoms in total. The minimum absolute atomic E-state index is 0.0805. The molecular weight excluding hydrogens is 224 g/mol. The first kappa shape index (κ1) is 13.2. The summed E-state index contributed by atoms with van der Waals surface area (Å²) < 4.78 is 0. The van der Waals surface area contributed by atoms with Crippen LogP contribution in [0.15, 0.2) is 12.1 Å². The van der Waals surface area contributed by atoms with Gasteiger partial charge in [-0.3, -0.25) is 0 Å². The number of benzene rings is 1. The summed E-state index contributed by atoms with van der Waals surface area (Å²) in [5.41, 5.74) is -1.46. The number of aromatic carboxylic acids is 2. The molecule has 0 bridgehead atoms. The topological polar surface area (TPSA) is 94.8 Å². The molecule has 3 N–H and O–H groups in total. The van der Waals surface area contributed by atoms with Gasteiger partial charge in [-0.2, -0.15) is 0 Å². The Kier molecular flexibility index (Phi) is 3.24. The Morgan fingerprint density at radius 2 is 1.41 bits per heavy atom. The van der Waals surface area contributed by atoms with Crippen molar-refractivity contribution < 1.29 is 24.9 Å². The molecule has 17 heavy (non-hydrogen) atoms. The molecule has 0 aliphatic heterocycles. The van der Waals surface area contributed by atoms with E-state index in [1.54, 1.807) is 6.92 Å². The van der Waals surface area contributed by atoms with Crippen molar-refractivity contribution in [3.05, 3.63) is 34.4 Å². The fourth-order valence-electron chi connectivity index (χ4n) is 1.78. The molecule has 0 fully saturated rings. The highest BCUT2D eigenvalue weighted by molar-refractivity contribution is 5.97. The molecule has 0 aromatic heterocycles. The first-order chi connectivity index (χ1) is 7.64. The van der Waals surface area contributed by atoms with Gasteiger partial charge in [-0.05, 0) is 38.5 Å². The summed E-state index contributed by atoms with van der Waals surface area (Å²) in [6.45, 7) is 4.32. The molecule has 0 heterocycles. The zero-order valence-electron chi connectivity index (χ0n) is 9.81. The van der Waals surface area contributed by atoms with Gasteiger partial charge in [-0.25, -0.2) is 9.59 Å². The number of carboxylic acids is 2. The SMILES string of the molecule is Cc1cc(C(=O)O)c(C(C)(C)O)c(C(=O)O)c1. The van der Waals surface area contributed by atoms with Crippen molar-refractivity contribution in [2.45, 2.75) is 26.4 Å². The van der Waals surface area contributed by atoms with Gasteiger partial charge in [0.15, 0.2) is 0 Å². The van der Waals surface area contributed by atoms with E-state index in [0.29, 0.717) is 5.56 Å². The molecule has 0 unspecified atom stereocenters. The zero-order valence-corrected chi connectivity index (χ0v) is 9.81. The van der Waals surface area contributed by atoms with Crippen LogP contribution in [0.5, 0.6) is 0 Å². The summed E-state index contributed by atoms with van der Waals surface area (Å²) in [7, 11) is 0. The first-order valence-corrected chi connectivity index (χ1v) is 4.98. The van der Waals surface area contributed by atoms with Crippen LogP contribution in [-0.2, 0) is 5.60 Å². The predicted molar refractivity (Wildman–Crippen MR) is 60.3 cm³/mol. The van der Waals surface area contributed by atoms with Gasteiger partial charge in [0.05, 0.1) is 16.7 Å². The van der Waals surface area contributed by atoms with Gasteiger partial charge in [0.2, 0.25) is 0 Å². The molecule has 1 rings (SSSR count).